The molecule has 0 fully saturated rings. The molecule has 1 aromatic carbocycles. The summed E-state index contributed by atoms with van der Waals surface area (Å²) < 4.78 is 1.41. The molecule has 25 heavy (non-hydrogen) atoms. The van der Waals surface area contributed by atoms with Crippen molar-refractivity contribution in [2.24, 2.45) is 0 Å². The number of H-pyrrole nitrogens is 1. The number of nitrogens with one attached hydrogen (secondary N) is 1. The number of hydrogen-bond donors (Lipinski definition) is 3. The number of benzene rings is 1. The van der Waals surface area contributed by atoms with Crippen LogP contribution in [0.5, 0.6) is 0 Å². The maximum absolute atomic E-state index is 11.7. The molecule has 126 valence electrons. The van der Waals surface area contributed by atoms with E-state index >= 15 is 0 Å². The Balaban J connectivity index is 2.00. The van der Waals surface area contributed by atoms with Gasteiger partial charge in [0.15, 0.2) is 5.69 Å². The van der Waals surface area contributed by atoms with Gasteiger partial charge in [-0.25, -0.2) is 14.3 Å². The minimum atomic E-state index is -1.18. The first kappa shape index (κ1) is 15.4. The molecule has 2 aromatic heterocycles. The normalized spacial score (nSPS) is 12.5. The van der Waals surface area contributed by atoms with Crippen LogP contribution in [-0.4, -0.2) is 42.1 Å². The highest BCUT2D eigenvalue weighted by Crippen LogP contribution is 2.37. The lowest BCUT2D eigenvalue weighted by molar-refractivity contribution is 0.0682. The number of aromatic amines is 1. The third-order valence-corrected chi connectivity index (χ3v) is 4.52. The fourth-order valence-corrected chi connectivity index (χ4v) is 3.27. The summed E-state index contributed by atoms with van der Waals surface area (Å²) in [4.78, 5) is 22.9. The predicted octanol–water partition coefficient (Wildman–Crippen LogP) is 2.41. The molecule has 1 aliphatic rings. The minimum absolute atomic E-state index is 0.0403. The number of carboxylic acids is 2. The Bertz CT molecular complexity index is 1040. The zero-order valence-corrected chi connectivity index (χ0v) is 13.4. The number of aromatic nitrogens is 4. The van der Waals surface area contributed by atoms with E-state index < -0.39 is 11.9 Å². The second kappa shape index (κ2) is 5.45. The maximum atomic E-state index is 11.7. The third-order valence-electron chi connectivity index (χ3n) is 4.20. The van der Waals surface area contributed by atoms with Crippen LogP contribution in [0.15, 0.2) is 24.4 Å². The Morgan fingerprint density at radius 2 is 2.00 bits per heavy atom. The summed E-state index contributed by atoms with van der Waals surface area (Å²) in [5.74, 6) is -2.28. The van der Waals surface area contributed by atoms with E-state index in [0.29, 0.717) is 35.5 Å². The molecule has 0 spiro atoms. The first-order valence-electron chi connectivity index (χ1n) is 7.38. The summed E-state index contributed by atoms with van der Waals surface area (Å²) in [5, 5.41) is 30.0. The monoisotopic (exact) mass is 358 g/mol. The molecule has 0 unspecified atom stereocenters. The van der Waals surface area contributed by atoms with E-state index in [9.17, 15) is 19.8 Å². The van der Waals surface area contributed by atoms with Gasteiger partial charge in [0, 0.05) is 0 Å². The average Bonchev–Trinajstić information content (AvgIpc) is 3.18. The van der Waals surface area contributed by atoms with Gasteiger partial charge in [0.25, 0.3) is 0 Å². The Hall–Kier alpha value is -3.13. The largest absolute Gasteiger partial charge is 0.478 e. The highest BCUT2D eigenvalue weighted by molar-refractivity contribution is 6.32. The maximum Gasteiger partial charge on any atom is 0.357 e. The van der Waals surface area contributed by atoms with Crippen molar-refractivity contribution in [1.82, 2.24) is 20.0 Å². The quantitative estimate of drug-likeness (QED) is 0.661. The van der Waals surface area contributed by atoms with Crippen molar-refractivity contribution in [1.29, 1.82) is 0 Å². The lowest BCUT2D eigenvalue weighted by atomic mass is 9.94. The SMILES string of the molecule is O=C(O)c1ccc(Cl)c(-n2nc(C(=O)O)c3c2CCc2cn[nH]c2-3)c1. The summed E-state index contributed by atoms with van der Waals surface area (Å²) in [6.45, 7) is 0. The molecule has 0 saturated heterocycles. The summed E-state index contributed by atoms with van der Waals surface area (Å²) in [6, 6.07) is 4.22. The number of carbonyl (C=O) groups is 2. The molecule has 0 bridgehead atoms. The van der Waals surface area contributed by atoms with Gasteiger partial charge in [-0.2, -0.15) is 10.2 Å². The van der Waals surface area contributed by atoms with E-state index in [2.05, 4.69) is 15.3 Å². The third kappa shape index (κ3) is 2.30. The van der Waals surface area contributed by atoms with Gasteiger partial charge >= 0.3 is 11.9 Å². The van der Waals surface area contributed by atoms with E-state index in [1.165, 1.54) is 22.9 Å². The van der Waals surface area contributed by atoms with Crippen LogP contribution in [0.3, 0.4) is 0 Å². The van der Waals surface area contributed by atoms with Gasteiger partial charge in [0.2, 0.25) is 0 Å². The van der Waals surface area contributed by atoms with Gasteiger partial charge in [-0.05, 0) is 36.6 Å². The van der Waals surface area contributed by atoms with Crippen molar-refractivity contribution in [3.05, 3.63) is 51.9 Å². The van der Waals surface area contributed by atoms with E-state index in [4.69, 9.17) is 11.6 Å². The number of halogens is 1. The van der Waals surface area contributed by atoms with Crippen molar-refractivity contribution in [2.75, 3.05) is 0 Å². The van der Waals surface area contributed by atoms with Gasteiger partial charge in [-0.1, -0.05) is 11.6 Å². The van der Waals surface area contributed by atoms with Crippen LogP contribution in [0.2, 0.25) is 5.02 Å². The minimum Gasteiger partial charge on any atom is -0.478 e. The summed E-state index contributed by atoms with van der Waals surface area (Å²) in [6.07, 6.45) is 2.87. The molecule has 0 aliphatic heterocycles. The number of fused-ring (bicyclic) bond motifs is 3. The lowest BCUT2D eigenvalue weighted by Crippen LogP contribution is -2.09. The van der Waals surface area contributed by atoms with Gasteiger partial charge in [0.1, 0.15) is 0 Å². The number of carboxylic acid groups (broad SMARTS) is 2. The van der Waals surface area contributed by atoms with Gasteiger partial charge in [-0.15, -0.1) is 0 Å². The van der Waals surface area contributed by atoms with Crippen LogP contribution in [0.1, 0.15) is 32.1 Å². The lowest BCUT2D eigenvalue weighted by Gasteiger charge is -2.15. The van der Waals surface area contributed by atoms with Crippen molar-refractivity contribution >= 4 is 23.5 Å². The number of aryl methyl sites for hydroxylation is 1. The summed E-state index contributed by atoms with van der Waals surface area (Å²) in [7, 11) is 0. The van der Waals surface area contributed by atoms with Crippen molar-refractivity contribution in [3.63, 3.8) is 0 Å². The molecule has 9 heteroatoms. The molecule has 0 radical (unpaired) electrons. The average molecular weight is 359 g/mol. The second-order valence-electron chi connectivity index (χ2n) is 5.63. The van der Waals surface area contributed by atoms with Crippen molar-refractivity contribution in [3.8, 4) is 16.9 Å². The first-order valence-corrected chi connectivity index (χ1v) is 7.76. The zero-order chi connectivity index (χ0) is 17.7. The van der Waals surface area contributed by atoms with Crippen LogP contribution < -0.4 is 0 Å². The van der Waals surface area contributed by atoms with Gasteiger partial charge in [0.05, 0.1) is 39.4 Å². The molecule has 3 N–H and O–H groups in total. The Kier molecular flexibility index (Phi) is 3.36. The fourth-order valence-electron chi connectivity index (χ4n) is 3.07. The van der Waals surface area contributed by atoms with Gasteiger partial charge in [-0.3, -0.25) is 5.10 Å². The molecule has 0 saturated carbocycles. The van der Waals surface area contributed by atoms with Crippen molar-refractivity contribution in [2.45, 2.75) is 12.8 Å². The molecular formula is C16H11ClN4O4. The predicted molar refractivity (Wildman–Crippen MR) is 87.5 cm³/mol. The summed E-state index contributed by atoms with van der Waals surface area (Å²) >= 11 is 6.22. The van der Waals surface area contributed by atoms with E-state index in [0.717, 1.165) is 5.56 Å². The Morgan fingerprint density at radius 1 is 1.20 bits per heavy atom. The number of nitrogens with zero attached hydrogens (tertiary/aromatic N) is 3. The molecule has 1 aliphatic carbocycles. The number of aromatic carboxylic acids is 2. The van der Waals surface area contributed by atoms with Crippen LogP contribution in [0.4, 0.5) is 0 Å². The highest BCUT2D eigenvalue weighted by atomic mass is 35.5. The van der Waals surface area contributed by atoms with Crippen LogP contribution in [0, 0.1) is 0 Å². The highest BCUT2D eigenvalue weighted by Gasteiger charge is 2.30. The molecular weight excluding hydrogens is 348 g/mol. The summed E-state index contributed by atoms with van der Waals surface area (Å²) in [5.41, 5.74) is 2.89. The molecule has 0 atom stereocenters. The fraction of sp³-hybridized carbons (Fsp3) is 0.125. The molecule has 2 heterocycles. The Morgan fingerprint density at radius 3 is 2.72 bits per heavy atom. The molecule has 4 rings (SSSR count). The van der Waals surface area contributed by atoms with E-state index in [1.54, 1.807) is 6.20 Å². The number of hydrogen-bond acceptors (Lipinski definition) is 4. The molecule has 3 aromatic rings. The van der Waals surface area contributed by atoms with E-state index in [-0.39, 0.29) is 16.3 Å². The van der Waals surface area contributed by atoms with Gasteiger partial charge < -0.3 is 10.2 Å². The Labute approximate surface area is 145 Å². The van der Waals surface area contributed by atoms with Crippen LogP contribution in [0.25, 0.3) is 16.9 Å². The topological polar surface area (TPSA) is 121 Å². The van der Waals surface area contributed by atoms with Crippen molar-refractivity contribution < 1.29 is 19.8 Å². The molecule has 0 amide bonds. The standard InChI is InChI=1S/C16H11ClN4O4/c17-9-3-1-7(15(22)23)5-11(9)21-10-4-2-8-6-18-19-13(8)12(10)14(20-21)16(24)25/h1,3,5-6H,2,4H2,(H,18,19)(H,22,23)(H,24,25). The smallest absolute Gasteiger partial charge is 0.357 e. The van der Waals surface area contributed by atoms with E-state index in [1.807, 2.05) is 0 Å². The van der Waals surface area contributed by atoms with Crippen LogP contribution >= 0.6 is 11.6 Å². The number of rotatable bonds is 3. The second-order valence-corrected chi connectivity index (χ2v) is 6.04. The molecule has 8 nitrogen and oxygen atoms in total. The first-order chi connectivity index (χ1) is 12.0. The van der Waals surface area contributed by atoms with Crippen LogP contribution in [-0.2, 0) is 12.8 Å². The zero-order valence-electron chi connectivity index (χ0n) is 12.7.